The first-order valence-corrected chi connectivity index (χ1v) is 5.22. The van der Waals surface area contributed by atoms with Crippen LogP contribution in [-0.4, -0.2) is 27.8 Å². The molecule has 60 valence electrons. The van der Waals surface area contributed by atoms with Gasteiger partial charge in [-0.2, -0.15) is 0 Å². The smallest absolute Gasteiger partial charge is 0.0445 e. The van der Waals surface area contributed by atoms with Crippen molar-refractivity contribution < 1.29 is 4.21 Å². The SMILES string of the molecule is CCC1CS(=O)C(C)CN1. The van der Waals surface area contributed by atoms with Crippen LogP contribution in [-0.2, 0) is 10.8 Å². The summed E-state index contributed by atoms with van der Waals surface area (Å²) >= 11 is 0. The normalized spacial score (nSPS) is 41.6. The summed E-state index contributed by atoms with van der Waals surface area (Å²) in [5.41, 5.74) is 0. The van der Waals surface area contributed by atoms with E-state index < -0.39 is 10.8 Å². The van der Waals surface area contributed by atoms with Gasteiger partial charge in [0.2, 0.25) is 0 Å². The van der Waals surface area contributed by atoms with E-state index >= 15 is 0 Å². The first-order chi connectivity index (χ1) is 4.74. The first-order valence-electron chi connectivity index (χ1n) is 3.84. The first kappa shape index (κ1) is 8.21. The van der Waals surface area contributed by atoms with Gasteiger partial charge in [-0.1, -0.05) is 6.92 Å². The van der Waals surface area contributed by atoms with E-state index in [1.165, 1.54) is 0 Å². The van der Waals surface area contributed by atoms with E-state index in [1.54, 1.807) is 0 Å². The highest BCUT2D eigenvalue weighted by Crippen LogP contribution is 2.06. The molecule has 3 unspecified atom stereocenters. The van der Waals surface area contributed by atoms with Crippen LogP contribution in [0.3, 0.4) is 0 Å². The predicted molar refractivity (Wildman–Crippen MR) is 44.6 cm³/mol. The third-order valence-corrected chi connectivity index (χ3v) is 3.80. The highest BCUT2D eigenvalue weighted by molar-refractivity contribution is 7.85. The molecule has 10 heavy (non-hydrogen) atoms. The Balaban J connectivity index is 2.41. The summed E-state index contributed by atoms with van der Waals surface area (Å²) in [5, 5.41) is 3.71. The van der Waals surface area contributed by atoms with Crippen LogP contribution in [0.5, 0.6) is 0 Å². The van der Waals surface area contributed by atoms with E-state index in [2.05, 4.69) is 12.2 Å². The van der Waals surface area contributed by atoms with Gasteiger partial charge in [-0.15, -0.1) is 0 Å². The molecule has 1 aliphatic heterocycles. The van der Waals surface area contributed by atoms with Crippen LogP contribution in [0, 0.1) is 0 Å². The third-order valence-electron chi connectivity index (χ3n) is 2.00. The molecule has 1 rings (SSSR count). The zero-order valence-electron chi connectivity index (χ0n) is 6.59. The van der Waals surface area contributed by atoms with E-state index in [0.29, 0.717) is 11.3 Å². The number of nitrogens with one attached hydrogen (secondary N) is 1. The van der Waals surface area contributed by atoms with Crippen molar-refractivity contribution in [1.82, 2.24) is 5.32 Å². The standard InChI is InChI=1S/C7H15NOS/c1-3-7-5-10(9)6(2)4-8-7/h6-8H,3-5H2,1-2H3. The Morgan fingerprint density at radius 2 is 2.40 bits per heavy atom. The Morgan fingerprint density at radius 1 is 1.70 bits per heavy atom. The molecule has 2 nitrogen and oxygen atoms in total. The lowest BCUT2D eigenvalue weighted by molar-refractivity contribution is 0.510. The Kier molecular flexibility index (Phi) is 2.86. The molecule has 3 atom stereocenters. The molecular formula is C7H15NOS. The average Bonchev–Trinajstić information content (AvgIpc) is 1.95. The second-order valence-corrected chi connectivity index (χ2v) is 4.77. The molecule has 0 amide bonds. The summed E-state index contributed by atoms with van der Waals surface area (Å²) in [7, 11) is -0.577. The highest BCUT2D eigenvalue weighted by Gasteiger charge is 2.21. The molecule has 1 fully saturated rings. The average molecular weight is 161 g/mol. The Labute approximate surface area is 64.8 Å². The maximum absolute atomic E-state index is 11.2. The van der Waals surface area contributed by atoms with Crippen molar-refractivity contribution in [2.75, 3.05) is 12.3 Å². The highest BCUT2D eigenvalue weighted by atomic mass is 32.2. The zero-order chi connectivity index (χ0) is 7.56. The molecule has 0 radical (unpaired) electrons. The van der Waals surface area contributed by atoms with Gasteiger partial charge in [0.15, 0.2) is 0 Å². The van der Waals surface area contributed by atoms with Gasteiger partial charge < -0.3 is 5.32 Å². The minimum atomic E-state index is -0.577. The fourth-order valence-corrected chi connectivity index (χ4v) is 2.47. The lowest BCUT2D eigenvalue weighted by Crippen LogP contribution is -2.46. The molecule has 0 aromatic rings. The zero-order valence-corrected chi connectivity index (χ0v) is 7.41. The van der Waals surface area contributed by atoms with Crippen LogP contribution < -0.4 is 5.32 Å². The lowest BCUT2D eigenvalue weighted by atomic mass is 10.2. The van der Waals surface area contributed by atoms with Crippen molar-refractivity contribution in [1.29, 1.82) is 0 Å². The van der Waals surface area contributed by atoms with Crippen LogP contribution in [0.1, 0.15) is 20.3 Å². The van der Waals surface area contributed by atoms with Crippen LogP contribution in [0.15, 0.2) is 0 Å². The molecule has 1 heterocycles. The molecular weight excluding hydrogens is 146 g/mol. The lowest BCUT2D eigenvalue weighted by Gasteiger charge is -2.26. The number of hydrogen-bond donors (Lipinski definition) is 1. The topological polar surface area (TPSA) is 29.1 Å². The van der Waals surface area contributed by atoms with Gasteiger partial charge in [-0.05, 0) is 13.3 Å². The quantitative estimate of drug-likeness (QED) is 0.607. The fourth-order valence-electron chi connectivity index (χ4n) is 1.11. The van der Waals surface area contributed by atoms with Crippen LogP contribution in [0.2, 0.25) is 0 Å². The van der Waals surface area contributed by atoms with Gasteiger partial charge in [0, 0.05) is 34.4 Å². The Hall–Kier alpha value is 0.110. The van der Waals surface area contributed by atoms with Gasteiger partial charge in [0.1, 0.15) is 0 Å². The predicted octanol–water partition coefficient (Wildman–Crippen LogP) is 0.505. The molecule has 1 aliphatic rings. The van der Waals surface area contributed by atoms with E-state index in [1.807, 2.05) is 6.92 Å². The summed E-state index contributed by atoms with van der Waals surface area (Å²) < 4.78 is 11.2. The van der Waals surface area contributed by atoms with E-state index in [-0.39, 0.29) is 0 Å². The van der Waals surface area contributed by atoms with Crippen molar-refractivity contribution in [3.05, 3.63) is 0 Å². The minimum absolute atomic E-state index is 0.350. The minimum Gasteiger partial charge on any atom is -0.312 e. The number of rotatable bonds is 1. The van der Waals surface area contributed by atoms with E-state index in [0.717, 1.165) is 18.7 Å². The van der Waals surface area contributed by atoms with Crippen molar-refractivity contribution in [2.24, 2.45) is 0 Å². The van der Waals surface area contributed by atoms with Crippen molar-refractivity contribution in [3.8, 4) is 0 Å². The summed E-state index contributed by atoms with van der Waals surface area (Å²) in [5.74, 6) is 0.845. The molecule has 0 spiro atoms. The summed E-state index contributed by atoms with van der Waals surface area (Å²) in [6.07, 6.45) is 1.10. The Morgan fingerprint density at radius 3 is 2.90 bits per heavy atom. The van der Waals surface area contributed by atoms with Gasteiger partial charge in [-0.25, -0.2) is 0 Å². The van der Waals surface area contributed by atoms with Gasteiger partial charge in [0.25, 0.3) is 0 Å². The van der Waals surface area contributed by atoms with Crippen molar-refractivity contribution in [3.63, 3.8) is 0 Å². The maximum atomic E-state index is 11.2. The molecule has 3 heteroatoms. The summed E-state index contributed by atoms with van der Waals surface area (Å²) in [4.78, 5) is 0. The van der Waals surface area contributed by atoms with Gasteiger partial charge >= 0.3 is 0 Å². The van der Waals surface area contributed by atoms with Gasteiger partial charge in [-0.3, -0.25) is 4.21 Å². The fraction of sp³-hybridized carbons (Fsp3) is 1.00. The summed E-state index contributed by atoms with van der Waals surface area (Å²) in [6.45, 7) is 5.09. The summed E-state index contributed by atoms with van der Waals surface area (Å²) in [6, 6.07) is 0.497. The maximum Gasteiger partial charge on any atom is 0.0445 e. The number of hydrogen-bond acceptors (Lipinski definition) is 2. The second kappa shape index (κ2) is 3.49. The molecule has 0 aromatic carbocycles. The van der Waals surface area contributed by atoms with Crippen LogP contribution in [0.25, 0.3) is 0 Å². The van der Waals surface area contributed by atoms with Crippen LogP contribution >= 0.6 is 0 Å². The molecule has 0 aliphatic carbocycles. The van der Waals surface area contributed by atoms with Crippen LogP contribution in [0.4, 0.5) is 0 Å². The van der Waals surface area contributed by atoms with E-state index in [4.69, 9.17) is 0 Å². The Bertz CT molecular complexity index is 138. The van der Waals surface area contributed by atoms with Gasteiger partial charge in [0.05, 0.1) is 0 Å². The monoisotopic (exact) mass is 161 g/mol. The van der Waals surface area contributed by atoms with E-state index in [9.17, 15) is 4.21 Å². The molecule has 1 saturated heterocycles. The molecule has 1 N–H and O–H groups in total. The largest absolute Gasteiger partial charge is 0.312 e. The van der Waals surface area contributed by atoms with Crippen molar-refractivity contribution >= 4 is 10.8 Å². The second-order valence-electron chi connectivity index (χ2n) is 2.87. The third kappa shape index (κ3) is 1.80. The molecule has 0 aromatic heterocycles. The molecule has 0 bridgehead atoms. The molecule has 0 saturated carbocycles. The van der Waals surface area contributed by atoms with Crippen molar-refractivity contribution in [2.45, 2.75) is 31.6 Å².